The van der Waals surface area contributed by atoms with E-state index in [4.69, 9.17) is 9.47 Å². The van der Waals surface area contributed by atoms with Crippen LogP contribution in [0.4, 0.5) is 0 Å². The van der Waals surface area contributed by atoms with Crippen molar-refractivity contribution in [1.82, 2.24) is 9.21 Å². The number of nitrogens with zero attached hydrogens (tertiary/aromatic N) is 2. The van der Waals surface area contributed by atoms with E-state index in [2.05, 4.69) is 4.90 Å². The molecule has 3 rings (SSSR count). The predicted octanol–water partition coefficient (Wildman–Crippen LogP) is 0.595. The molecule has 158 valence electrons. The number of sulfone groups is 1. The summed E-state index contributed by atoms with van der Waals surface area (Å²) in [4.78, 5) is 2.40. The van der Waals surface area contributed by atoms with Crippen molar-refractivity contribution in [3.05, 3.63) is 24.3 Å². The molecule has 1 aromatic carbocycles. The molecule has 0 aromatic heterocycles. The molecule has 1 aromatic rings. The Balaban J connectivity index is 1.76. The van der Waals surface area contributed by atoms with Gasteiger partial charge in [-0.25, -0.2) is 16.8 Å². The number of morpholine rings is 1. The maximum Gasteiger partial charge on any atom is 0.243 e. The van der Waals surface area contributed by atoms with Gasteiger partial charge < -0.3 is 9.47 Å². The van der Waals surface area contributed by atoms with E-state index in [0.29, 0.717) is 38.3 Å². The largest absolute Gasteiger partial charge is 0.497 e. The third-order valence-corrected chi connectivity index (χ3v) is 8.95. The normalized spacial score (nSPS) is 23.1. The fourth-order valence-electron chi connectivity index (χ4n) is 3.66. The van der Waals surface area contributed by atoms with Crippen LogP contribution < -0.4 is 4.74 Å². The molecule has 1 atom stereocenters. The van der Waals surface area contributed by atoms with Gasteiger partial charge in [0, 0.05) is 25.7 Å². The lowest BCUT2D eigenvalue weighted by molar-refractivity contribution is 0.0367. The first-order valence-corrected chi connectivity index (χ1v) is 12.7. The van der Waals surface area contributed by atoms with Crippen molar-refractivity contribution in [3.8, 4) is 5.75 Å². The molecule has 1 unspecified atom stereocenters. The van der Waals surface area contributed by atoms with Gasteiger partial charge in [-0.2, -0.15) is 4.31 Å². The number of methoxy groups -OCH3 is 1. The molecule has 0 N–H and O–H groups in total. The van der Waals surface area contributed by atoms with Gasteiger partial charge in [0.05, 0.1) is 36.7 Å². The molecule has 0 bridgehead atoms. The lowest BCUT2D eigenvalue weighted by Gasteiger charge is -2.30. The first-order chi connectivity index (χ1) is 13.3. The van der Waals surface area contributed by atoms with E-state index >= 15 is 0 Å². The van der Waals surface area contributed by atoms with Gasteiger partial charge in [0.2, 0.25) is 10.0 Å². The van der Waals surface area contributed by atoms with Crippen LogP contribution in [-0.2, 0) is 24.6 Å². The van der Waals surface area contributed by atoms with Gasteiger partial charge in [-0.05, 0) is 43.7 Å². The molecule has 0 radical (unpaired) electrons. The van der Waals surface area contributed by atoms with Crippen molar-refractivity contribution in [2.45, 2.75) is 23.8 Å². The third-order valence-electron chi connectivity index (χ3n) is 5.24. The van der Waals surface area contributed by atoms with Gasteiger partial charge in [-0.15, -0.1) is 0 Å². The molecular formula is C18H28N2O6S2. The van der Waals surface area contributed by atoms with E-state index in [1.165, 1.54) is 23.5 Å². The van der Waals surface area contributed by atoms with Gasteiger partial charge in [0.1, 0.15) is 5.75 Å². The minimum absolute atomic E-state index is 0.0375. The quantitative estimate of drug-likeness (QED) is 0.594. The second kappa shape index (κ2) is 9.08. The Hall–Kier alpha value is -1.20. The summed E-state index contributed by atoms with van der Waals surface area (Å²) >= 11 is 0. The number of benzene rings is 1. The van der Waals surface area contributed by atoms with Crippen LogP contribution in [0.1, 0.15) is 12.8 Å². The van der Waals surface area contributed by atoms with Gasteiger partial charge in [-0.1, -0.05) is 0 Å². The zero-order valence-corrected chi connectivity index (χ0v) is 17.8. The summed E-state index contributed by atoms with van der Waals surface area (Å²) in [6.45, 7) is 4.11. The fourth-order valence-corrected chi connectivity index (χ4v) is 7.18. The Morgan fingerprint density at radius 3 is 2.46 bits per heavy atom. The van der Waals surface area contributed by atoms with Crippen LogP contribution in [-0.4, -0.2) is 90.1 Å². The molecular weight excluding hydrogens is 404 g/mol. The maximum absolute atomic E-state index is 13.3. The number of hydrogen-bond donors (Lipinski definition) is 0. The van der Waals surface area contributed by atoms with E-state index in [1.54, 1.807) is 12.1 Å². The standard InChI is InChI=1S/C18H28N2O6S2/c1-25-17-3-5-18(6-4-17)28(23,24)20(16-7-14-27(21,22)15-16)9-2-8-19-10-12-26-13-11-19/h3-6,16H,2,7-15H2,1H3. The number of hydrogen-bond acceptors (Lipinski definition) is 7. The molecule has 8 nitrogen and oxygen atoms in total. The van der Waals surface area contributed by atoms with Gasteiger partial charge in [0.15, 0.2) is 9.84 Å². The average molecular weight is 433 g/mol. The van der Waals surface area contributed by atoms with Crippen LogP contribution in [0, 0.1) is 0 Å². The lowest BCUT2D eigenvalue weighted by Crippen LogP contribution is -2.43. The smallest absolute Gasteiger partial charge is 0.243 e. The van der Waals surface area contributed by atoms with E-state index < -0.39 is 25.9 Å². The van der Waals surface area contributed by atoms with Crippen LogP contribution in [0.2, 0.25) is 0 Å². The van der Waals surface area contributed by atoms with Gasteiger partial charge in [-0.3, -0.25) is 4.90 Å². The van der Waals surface area contributed by atoms with Crippen molar-refractivity contribution in [2.24, 2.45) is 0 Å². The van der Waals surface area contributed by atoms with Crippen LogP contribution >= 0.6 is 0 Å². The van der Waals surface area contributed by atoms with E-state index in [-0.39, 0.29) is 16.4 Å². The second-order valence-corrected chi connectivity index (χ2v) is 11.3. The zero-order valence-electron chi connectivity index (χ0n) is 16.1. The minimum Gasteiger partial charge on any atom is -0.497 e. The van der Waals surface area contributed by atoms with Gasteiger partial charge >= 0.3 is 0 Å². The molecule has 0 spiro atoms. The topological polar surface area (TPSA) is 93.2 Å². The van der Waals surface area contributed by atoms with Gasteiger partial charge in [0.25, 0.3) is 0 Å². The van der Waals surface area contributed by atoms with Crippen molar-refractivity contribution < 1.29 is 26.3 Å². The van der Waals surface area contributed by atoms with Crippen molar-refractivity contribution >= 4 is 19.9 Å². The molecule has 2 aliphatic rings. The molecule has 0 aliphatic carbocycles. The summed E-state index contributed by atoms with van der Waals surface area (Å²) in [6, 6.07) is 5.70. The summed E-state index contributed by atoms with van der Waals surface area (Å²) < 4.78 is 62.3. The van der Waals surface area contributed by atoms with Crippen molar-refractivity contribution in [1.29, 1.82) is 0 Å². The molecule has 2 saturated heterocycles. The Morgan fingerprint density at radius 2 is 1.89 bits per heavy atom. The molecule has 2 fully saturated rings. The second-order valence-electron chi connectivity index (χ2n) is 7.16. The SMILES string of the molecule is COc1ccc(S(=O)(=O)N(CCCN2CCOCC2)C2CCS(=O)(=O)C2)cc1. The van der Waals surface area contributed by atoms with Crippen LogP contribution in [0.15, 0.2) is 29.2 Å². The minimum atomic E-state index is -3.79. The molecule has 2 heterocycles. The fraction of sp³-hybridized carbons (Fsp3) is 0.667. The number of ether oxygens (including phenoxy) is 2. The molecule has 0 amide bonds. The van der Waals surface area contributed by atoms with Crippen LogP contribution in [0.5, 0.6) is 5.75 Å². The number of rotatable bonds is 8. The van der Waals surface area contributed by atoms with Crippen molar-refractivity contribution in [3.63, 3.8) is 0 Å². The third kappa shape index (κ3) is 5.24. The maximum atomic E-state index is 13.3. The number of sulfonamides is 1. The summed E-state index contributed by atoms with van der Waals surface area (Å²) in [5.41, 5.74) is 0. The Bertz CT molecular complexity index is 849. The molecule has 0 saturated carbocycles. The summed E-state index contributed by atoms with van der Waals surface area (Å²) in [5, 5.41) is 0. The average Bonchev–Trinajstić information content (AvgIpc) is 3.05. The first-order valence-electron chi connectivity index (χ1n) is 9.48. The highest BCUT2D eigenvalue weighted by atomic mass is 32.2. The highest BCUT2D eigenvalue weighted by Gasteiger charge is 2.38. The predicted molar refractivity (Wildman–Crippen MR) is 106 cm³/mol. The Labute approximate surface area is 167 Å². The monoisotopic (exact) mass is 432 g/mol. The van der Waals surface area contributed by atoms with E-state index in [0.717, 1.165) is 19.6 Å². The molecule has 2 aliphatic heterocycles. The highest BCUT2D eigenvalue weighted by molar-refractivity contribution is 7.92. The summed E-state index contributed by atoms with van der Waals surface area (Å²) in [6.07, 6.45) is 0.987. The zero-order chi connectivity index (χ0) is 20.2. The Morgan fingerprint density at radius 1 is 1.21 bits per heavy atom. The highest BCUT2D eigenvalue weighted by Crippen LogP contribution is 2.26. The van der Waals surface area contributed by atoms with Crippen LogP contribution in [0.3, 0.4) is 0 Å². The van der Waals surface area contributed by atoms with E-state index in [1.807, 2.05) is 0 Å². The van der Waals surface area contributed by atoms with Crippen molar-refractivity contribution in [2.75, 3.05) is 58.0 Å². The summed E-state index contributed by atoms with van der Waals surface area (Å²) in [7, 11) is -5.47. The van der Waals surface area contributed by atoms with E-state index in [9.17, 15) is 16.8 Å². The first kappa shape index (κ1) is 21.5. The molecule has 28 heavy (non-hydrogen) atoms. The summed E-state index contributed by atoms with van der Waals surface area (Å²) in [5.74, 6) is 0.497. The van der Waals surface area contributed by atoms with Crippen LogP contribution in [0.25, 0.3) is 0 Å². The lowest BCUT2D eigenvalue weighted by atomic mass is 10.2. The Kier molecular flexibility index (Phi) is 6.98. The molecule has 10 heteroatoms.